The van der Waals surface area contributed by atoms with Crippen molar-refractivity contribution in [2.24, 2.45) is 4.99 Å². The van der Waals surface area contributed by atoms with E-state index in [0.717, 1.165) is 44.5 Å². The number of nitrogens with one attached hydrogen (secondary N) is 1. The van der Waals surface area contributed by atoms with Gasteiger partial charge >= 0.3 is 0 Å². The number of aromatic nitrogens is 1. The maximum atomic E-state index is 4.55. The highest BCUT2D eigenvalue weighted by atomic mass is 127. The van der Waals surface area contributed by atoms with Crippen LogP contribution in [0, 0.1) is 0 Å². The fraction of sp³-hybridized carbons (Fsp3) is 0.455. The second-order valence-corrected chi connectivity index (χ2v) is 7.46. The lowest BCUT2D eigenvalue weighted by atomic mass is 9.99. The van der Waals surface area contributed by atoms with Gasteiger partial charge in [0.2, 0.25) is 0 Å². The first-order valence-electron chi connectivity index (χ1n) is 10.0. The molecule has 2 saturated heterocycles. The highest BCUT2D eigenvalue weighted by Crippen LogP contribution is 2.27. The average Bonchev–Trinajstić information content (AvgIpc) is 3.42. The van der Waals surface area contributed by atoms with Gasteiger partial charge in [0.1, 0.15) is 5.82 Å². The Hall–Kier alpha value is -1.83. The van der Waals surface area contributed by atoms with Crippen LogP contribution in [0.15, 0.2) is 53.7 Å². The molecule has 0 radical (unpaired) electrons. The Morgan fingerprint density at radius 3 is 2.68 bits per heavy atom. The molecule has 3 heterocycles. The summed E-state index contributed by atoms with van der Waals surface area (Å²) in [6, 6.07) is 15.1. The van der Waals surface area contributed by atoms with Crippen molar-refractivity contribution in [3.8, 4) is 0 Å². The topological polar surface area (TPSA) is 43.8 Å². The maximum Gasteiger partial charge on any atom is 0.193 e. The normalized spacial score (nSPS) is 19.6. The van der Waals surface area contributed by atoms with Gasteiger partial charge in [0.25, 0.3) is 0 Å². The van der Waals surface area contributed by atoms with Gasteiger partial charge in [-0.3, -0.25) is 4.99 Å². The number of rotatable bonds is 4. The summed E-state index contributed by atoms with van der Waals surface area (Å²) in [5.41, 5.74) is 2.69. The molecule has 0 spiro atoms. The summed E-state index contributed by atoms with van der Waals surface area (Å²) in [4.78, 5) is 13.8. The average molecular weight is 491 g/mol. The van der Waals surface area contributed by atoms with Crippen LogP contribution in [-0.2, 0) is 6.54 Å². The zero-order chi connectivity index (χ0) is 18.5. The largest absolute Gasteiger partial charge is 0.357 e. The molecule has 1 unspecified atom stereocenters. The summed E-state index contributed by atoms with van der Waals surface area (Å²) in [5, 5.41) is 3.55. The monoisotopic (exact) mass is 491 g/mol. The molecule has 1 atom stereocenters. The lowest BCUT2D eigenvalue weighted by Gasteiger charge is -2.22. The molecule has 28 heavy (non-hydrogen) atoms. The second kappa shape index (κ2) is 10.1. The molecule has 0 bridgehead atoms. The van der Waals surface area contributed by atoms with Crippen LogP contribution in [0.1, 0.15) is 36.3 Å². The predicted molar refractivity (Wildman–Crippen MR) is 127 cm³/mol. The van der Waals surface area contributed by atoms with Gasteiger partial charge in [-0.1, -0.05) is 30.3 Å². The van der Waals surface area contributed by atoms with E-state index in [1.165, 1.54) is 30.4 Å². The summed E-state index contributed by atoms with van der Waals surface area (Å²) >= 11 is 0. The SMILES string of the molecule is CN=C(NCc1ccnc(N2CCCC2)c1)N1CCC(c2ccccc2)C1.I. The second-order valence-electron chi connectivity index (χ2n) is 7.46. The zero-order valence-electron chi connectivity index (χ0n) is 16.6. The van der Waals surface area contributed by atoms with Crippen LogP contribution in [0.25, 0.3) is 0 Å². The number of likely N-dealkylation sites (tertiary alicyclic amines) is 1. The van der Waals surface area contributed by atoms with Crippen LogP contribution in [0.4, 0.5) is 5.82 Å². The van der Waals surface area contributed by atoms with E-state index in [1.807, 2.05) is 13.2 Å². The van der Waals surface area contributed by atoms with E-state index >= 15 is 0 Å². The van der Waals surface area contributed by atoms with Gasteiger partial charge in [-0.05, 0) is 42.5 Å². The van der Waals surface area contributed by atoms with E-state index in [9.17, 15) is 0 Å². The van der Waals surface area contributed by atoms with Crippen molar-refractivity contribution in [3.05, 3.63) is 59.8 Å². The van der Waals surface area contributed by atoms with Crippen LogP contribution in [0.3, 0.4) is 0 Å². The molecule has 1 aromatic heterocycles. The molecule has 6 heteroatoms. The minimum absolute atomic E-state index is 0. The maximum absolute atomic E-state index is 4.55. The minimum atomic E-state index is 0. The van der Waals surface area contributed by atoms with Crippen molar-refractivity contribution in [1.29, 1.82) is 0 Å². The number of guanidine groups is 1. The Morgan fingerprint density at radius 2 is 1.93 bits per heavy atom. The van der Waals surface area contributed by atoms with Crippen LogP contribution in [0.2, 0.25) is 0 Å². The van der Waals surface area contributed by atoms with Gasteiger partial charge in [-0.15, -0.1) is 24.0 Å². The van der Waals surface area contributed by atoms with Crippen molar-refractivity contribution >= 4 is 35.8 Å². The fourth-order valence-electron chi connectivity index (χ4n) is 4.15. The molecule has 2 aliphatic rings. The van der Waals surface area contributed by atoms with Gasteiger partial charge < -0.3 is 15.1 Å². The van der Waals surface area contributed by atoms with Gasteiger partial charge in [0.15, 0.2) is 5.96 Å². The molecule has 0 aliphatic carbocycles. The van der Waals surface area contributed by atoms with Crippen molar-refractivity contribution in [2.45, 2.75) is 31.7 Å². The molecule has 1 aromatic carbocycles. The first-order chi connectivity index (χ1) is 13.3. The smallest absolute Gasteiger partial charge is 0.193 e. The van der Waals surface area contributed by atoms with Gasteiger partial charge in [-0.2, -0.15) is 0 Å². The fourth-order valence-corrected chi connectivity index (χ4v) is 4.15. The molecule has 4 rings (SSSR count). The number of nitrogens with zero attached hydrogens (tertiary/aromatic N) is 4. The molecule has 2 aromatic rings. The molecule has 0 amide bonds. The Balaban J connectivity index is 0.00000225. The predicted octanol–water partition coefficient (Wildman–Crippen LogP) is 3.86. The van der Waals surface area contributed by atoms with Crippen LogP contribution in [0.5, 0.6) is 0 Å². The lowest BCUT2D eigenvalue weighted by Crippen LogP contribution is -2.39. The van der Waals surface area contributed by atoms with Crippen LogP contribution in [-0.4, -0.2) is 49.1 Å². The molecular formula is C22H30IN5. The van der Waals surface area contributed by atoms with Crippen molar-refractivity contribution < 1.29 is 0 Å². The highest BCUT2D eigenvalue weighted by molar-refractivity contribution is 14.0. The third kappa shape index (κ3) is 4.96. The Bertz CT molecular complexity index is 774. The molecular weight excluding hydrogens is 461 g/mol. The van der Waals surface area contributed by atoms with Crippen molar-refractivity contribution in [3.63, 3.8) is 0 Å². The standard InChI is InChI=1S/C22H29N5.HI/c1-23-22(27-14-10-20(17-27)19-7-3-2-4-8-19)25-16-18-9-11-24-21(15-18)26-12-5-6-13-26;/h2-4,7-9,11,15,20H,5-6,10,12-14,16-17H2,1H3,(H,23,25);1H. The van der Waals surface area contributed by atoms with Crippen LogP contribution < -0.4 is 10.2 Å². The van der Waals surface area contributed by atoms with Crippen molar-refractivity contribution in [1.82, 2.24) is 15.2 Å². The Morgan fingerprint density at radius 1 is 1.14 bits per heavy atom. The number of halogens is 1. The summed E-state index contributed by atoms with van der Waals surface area (Å²) in [6.07, 6.45) is 5.65. The number of benzene rings is 1. The van der Waals surface area contributed by atoms with E-state index in [4.69, 9.17) is 0 Å². The molecule has 1 N–H and O–H groups in total. The first kappa shape index (κ1) is 20.9. The van der Waals surface area contributed by atoms with E-state index in [0.29, 0.717) is 5.92 Å². The molecule has 5 nitrogen and oxygen atoms in total. The molecule has 2 aliphatic heterocycles. The summed E-state index contributed by atoms with van der Waals surface area (Å²) in [6.45, 7) is 5.11. The first-order valence-corrected chi connectivity index (χ1v) is 10.0. The third-order valence-corrected chi connectivity index (χ3v) is 5.66. The number of hydrogen-bond donors (Lipinski definition) is 1. The zero-order valence-corrected chi connectivity index (χ0v) is 18.9. The third-order valence-electron chi connectivity index (χ3n) is 5.66. The van der Waals surface area contributed by atoms with Crippen LogP contribution >= 0.6 is 24.0 Å². The Labute approximate surface area is 185 Å². The molecule has 2 fully saturated rings. The van der Waals surface area contributed by atoms with Gasteiger partial charge in [0, 0.05) is 51.9 Å². The number of pyridine rings is 1. The minimum Gasteiger partial charge on any atom is -0.357 e. The lowest BCUT2D eigenvalue weighted by molar-refractivity contribution is 0.486. The van der Waals surface area contributed by atoms with Crippen molar-refractivity contribution in [2.75, 3.05) is 38.1 Å². The van der Waals surface area contributed by atoms with E-state index in [-0.39, 0.29) is 24.0 Å². The van der Waals surface area contributed by atoms with E-state index in [1.54, 1.807) is 0 Å². The number of hydrogen-bond acceptors (Lipinski definition) is 3. The quantitative estimate of drug-likeness (QED) is 0.401. The van der Waals surface area contributed by atoms with E-state index < -0.39 is 0 Å². The Kier molecular flexibility index (Phi) is 7.53. The summed E-state index contributed by atoms with van der Waals surface area (Å²) < 4.78 is 0. The summed E-state index contributed by atoms with van der Waals surface area (Å²) in [5.74, 6) is 2.69. The number of aliphatic imine (C=N–C) groups is 1. The summed E-state index contributed by atoms with van der Waals surface area (Å²) in [7, 11) is 1.88. The van der Waals surface area contributed by atoms with Gasteiger partial charge in [0.05, 0.1) is 0 Å². The highest BCUT2D eigenvalue weighted by Gasteiger charge is 2.25. The molecule has 150 valence electrons. The number of anilines is 1. The van der Waals surface area contributed by atoms with E-state index in [2.05, 4.69) is 67.6 Å². The molecule has 0 saturated carbocycles. The van der Waals surface area contributed by atoms with Gasteiger partial charge in [-0.25, -0.2) is 4.98 Å².